The number of nitrogens with one attached hydrogen (secondary N) is 2. The van der Waals surface area contributed by atoms with E-state index in [0.29, 0.717) is 17.2 Å². The van der Waals surface area contributed by atoms with Gasteiger partial charge in [0, 0.05) is 12.2 Å². The molecule has 1 atom stereocenters. The number of anilines is 1. The summed E-state index contributed by atoms with van der Waals surface area (Å²) in [6.45, 7) is 3.61. The molecule has 1 aliphatic carbocycles. The Morgan fingerprint density at radius 3 is 2.44 bits per heavy atom. The van der Waals surface area contributed by atoms with E-state index in [9.17, 15) is 18.3 Å². The lowest BCUT2D eigenvalue weighted by Crippen LogP contribution is -2.30. The number of rotatable bonds is 8. The second-order valence-electron chi connectivity index (χ2n) is 9.36. The van der Waals surface area contributed by atoms with Crippen LogP contribution in [0.5, 0.6) is 11.5 Å². The van der Waals surface area contributed by atoms with Crippen LogP contribution in [-0.4, -0.2) is 38.9 Å². The van der Waals surface area contributed by atoms with E-state index in [1.807, 2.05) is 43.3 Å². The molecule has 3 aromatic carbocycles. The van der Waals surface area contributed by atoms with E-state index in [4.69, 9.17) is 9.47 Å². The van der Waals surface area contributed by atoms with Gasteiger partial charge < -0.3 is 19.9 Å². The molecule has 0 radical (unpaired) electrons. The highest BCUT2D eigenvalue weighted by atomic mass is 32.2. The fourth-order valence-electron chi connectivity index (χ4n) is 4.35. The van der Waals surface area contributed by atoms with Gasteiger partial charge in [0.25, 0.3) is 0 Å². The minimum absolute atomic E-state index is 0.0569. The zero-order valence-electron chi connectivity index (χ0n) is 20.1. The van der Waals surface area contributed by atoms with Crippen LogP contribution in [0.15, 0.2) is 65.6 Å². The van der Waals surface area contributed by atoms with Gasteiger partial charge in [-0.05, 0) is 85.3 Å². The van der Waals surface area contributed by atoms with Crippen molar-refractivity contribution in [2.24, 2.45) is 0 Å². The molecule has 188 valence electrons. The number of ether oxygens (including phenoxy) is 2. The van der Waals surface area contributed by atoms with Crippen molar-refractivity contribution in [1.29, 1.82) is 0 Å². The van der Waals surface area contributed by atoms with Gasteiger partial charge in [-0.1, -0.05) is 24.3 Å². The number of sulfonamides is 1. The average molecular weight is 509 g/mol. The number of fused-ring (bicyclic) bond motifs is 1. The highest BCUT2D eigenvalue weighted by Crippen LogP contribution is 2.51. The Morgan fingerprint density at radius 1 is 1.03 bits per heavy atom. The number of amides is 1. The Hall–Kier alpha value is -3.40. The van der Waals surface area contributed by atoms with E-state index in [1.165, 1.54) is 19.1 Å². The molecule has 1 aliphatic heterocycles. The lowest BCUT2D eigenvalue weighted by atomic mass is 9.94. The molecule has 0 unspecified atom stereocenters. The van der Waals surface area contributed by atoms with Crippen LogP contribution in [0.3, 0.4) is 0 Å². The number of aliphatic hydroxyl groups is 1. The van der Waals surface area contributed by atoms with Crippen LogP contribution < -0.4 is 19.5 Å². The molecule has 8 nitrogen and oxygen atoms in total. The molecule has 5 rings (SSSR count). The Balaban J connectivity index is 1.34. The molecule has 36 heavy (non-hydrogen) atoms. The van der Waals surface area contributed by atoms with E-state index in [2.05, 4.69) is 10.0 Å². The molecule has 0 bridgehead atoms. The van der Waals surface area contributed by atoms with Crippen molar-refractivity contribution in [3.63, 3.8) is 0 Å². The van der Waals surface area contributed by atoms with E-state index in [1.54, 1.807) is 12.1 Å². The Morgan fingerprint density at radius 2 is 1.75 bits per heavy atom. The number of aliphatic hydroxyl groups excluding tert-OH is 1. The molecule has 0 spiro atoms. The normalized spacial score (nSPS) is 16.4. The molecule has 0 aromatic heterocycles. The van der Waals surface area contributed by atoms with Crippen LogP contribution in [-0.2, 0) is 20.2 Å². The van der Waals surface area contributed by atoms with Crippen molar-refractivity contribution in [2.75, 3.05) is 18.7 Å². The Labute approximate surface area is 210 Å². The molecule has 1 saturated carbocycles. The molecule has 1 heterocycles. The summed E-state index contributed by atoms with van der Waals surface area (Å²) in [6, 6.07) is 17.9. The first-order valence-electron chi connectivity index (χ1n) is 11.8. The van der Waals surface area contributed by atoms with Crippen LogP contribution in [0.25, 0.3) is 11.1 Å². The largest absolute Gasteiger partial charge is 0.454 e. The summed E-state index contributed by atoms with van der Waals surface area (Å²) < 4.78 is 38.1. The second kappa shape index (κ2) is 9.24. The molecule has 0 saturated heterocycles. The SMILES string of the molecule is Cc1ccc(NC(=O)C2(c3ccc4c(c3)OCO4)CC2)cc1-c1ccc(S(=O)(=O)NC[C@@H](C)O)cc1. The maximum Gasteiger partial charge on any atom is 0.240 e. The van der Waals surface area contributed by atoms with Gasteiger partial charge >= 0.3 is 0 Å². The highest BCUT2D eigenvalue weighted by Gasteiger charge is 2.51. The van der Waals surface area contributed by atoms with Gasteiger partial charge in [0.15, 0.2) is 11.5 Å². The summed E-state index contributed by atoms with van der Waals surface area (Å²) in [5.74, 6) is 1.29. The number of carbonyl (C=O) groups is 1. The number of carbonyl (C=O) groups excluding carboxylic acids is 1. The van der Waals surface area contributed by atoms with Crippen LogP contribution in [0.2, 0.25) is 0 Å². The third kappa shape index (κ3) is 4.69. The van der Waals surface area contributed by atoms with Gasteiger partial charge in [-0.25, -0.2) is 13.1 Å². The van der Waals surface area contributed by atoms with Gasteiger partial charge in [-0.3, -0.25) is 4.79 Å². The minimum Gasteiger partial charge on any atom is -0.454 e. The van der Waals surface area contributed by atoms with Crippen molar-refractivity contribution < 1.29 is 27.8 Å². The quantitative estimate of drug-likeness (QED) is 0.427. The smallest absolute Gasteiger partial charge is 0.240 e. The summed E-state index contributed by atoms with van der Waals surface area (Å²) in [5, 5.41) is 12.4. The summed E-state index contributed by atoms with van der Waals surface area (Å²) in [5.41, 5.74) is 3.71. The number of benzene rings is 3. The predicted molar refractivity (Wildman–Crippen MR) is 136 cm³/mol. The number of hydrogen-bond donors (Lipinski definition) is 3. The van der Waals surface area contributed by atoms with Crippen LogP contribution >= 0.6 is 0 Å². The van der Waals surface area contributed by atoms with Crippen molar-refractivity contribution in [3.05, 3.63) is 71.8 Å². The first-order valence-corrected chi connectivity index (χ1v) is 13.3. The first-order chi connectivity index (χ1) is 17.2. The average Bonchev–Trinajstić information content (AvgIpc) is 3.55. The van der Waals surface area contributed by atoms with Crippen LogP contribution in [0.4, 0.5) is 5.69 Å². The first kappa shape index (κ1) is 24.3. The van der Waals surface area contributed by atoms with Crippen molar-refractivity contribution in [2.45, 2.75) is 43.1 Å². The third-order valence-electron chi connectivity index (χ3n) is 6.65. The molecular formula is C27H28N2O6S. The fraction of sp³-hybridized carbons (Fsp3) is 0.296. The second-order valence-corrected chi connectivity index (χ2v) is 11.1. The standard InChI is InChI=1S/C27H28N2O6S/c1-17-3-7-21(14-23(17)19-4-8-22(9-5-19)36(32,33)28-15-18(2)30)29-26(31)27(11-12-27)20-6-10-24-25(13-20)35-16-34-24/h3-10,13-14,18,28,30H,11-12,15-16H2,1-2H3,(H,29,31)/t18-/m1/s1. The van der Waals surface area contributed by atoms with Crippen LogP contribution in [0.1, 0.15) is 30.9 Å². The molecular weight excluding hydrogens is 480 g/mol. The van der Waals surface area contributed by atoms with E-state index in [0.717, 1.165) is 35.1 Å². The highest BCUT2D eigenvalue weighted by molar-refractivity contribution is 7.89. The predicted octanol–water partition coefficient (Wildman–Crippen LogP) is 3.72. The topological polar surface area (TPSA) is 114 Å². The van der Waals surface area contributed by atoms with Gasteiger partial charge in [-0.2, -0.15) is 0 Å². The van der Waals surface area contributed by atoms with Crippen molar-refractivity contribution >= 4 is 21.6 Å². The monoisotopic (exact) mass is 508 g/mol. The van der Waals surface area contributed by atoms with E-state index < -0.39 is 21.5 Å². The third-order valence-corrected chi connectivity index (χ3v) is 8.09. The van der Waals surface area contributed by atoms with E-state index >= 15 is 0 Å². The summed E-state index contributed by atoms with van der Waals surface area (Å²) >= 11 is 0. The van der Waals surface area contributed by atoms with Crippen molar-refractivity contribution in [1.82, 2.24) is 4.72 Å². The van der Waals surface area contributed by atoms with Gasteiger partial charge in [0.2, 0.25) is 22.7 Å². The number of aryl methyl sites for hydroxylation is 1. The summed E-state index contributed by atoms with van der Waals surface area (Å²) in [4.78, 5) is 13.4. The Kier molecular flexibility index (Phi) is 6.23. The van der Waals surface area contributed by atoms with Gasteiger partial charge in [0.1, 0.15) is 0 Å². The fourth-order valence-corrected chi connectivity index (χ4v) is 5.48. The van der Waals surface area contributed by atoms with Crippen molar-refractivity contribution in [3.8, 4) is 22.6 Å². The molecule has 1 amide bonds. The van der Waals surface area contributed by atoms with Crippen LogP contribution in [0, 0.1) is 6.92 Å². The van der Waals surface area contributed by atoms with Gasteiger partial charge in [0.05, 0.1) is 16.4 Å². The maximum atomic E-state index is 13.3. The van der Waals surface area contributed by atoms with Gasteiger partial charge in [-0.15, -0.1) is 0 Å². The minimum atomic E-state index is -3.71. The maximum absolute atomic E-state index is 13.3. The number of hydrogen-bond acceptors (Lipinski definition) is 6. The summed E-state index contributed by atoms with van der Waals surface area (Å²) in [7, 11) is -3.71. The molecule has 3 aromatic rings. The lowest BCUT2D eigenvalue weighted by molar-refractivity contribution is -0.118. The molecule has 9 heteroatoms. The Bertz CT molecular complexity index is 1410. The molecule has 2 aliphatic rings. The lowest BCUT2D eigenvalue weighted by Gasteiger charge is -2.17. The van der Waals surface area contributed by atoms with E-state index in [-0.39, 0.29) is 24.1 Å². The zero-order chi connectivity index (χ0) is 25.5. The molecule has 3 N–H and O–H groups in total. The zero-order valence-corrected chi connectivity index (χ0v) is 20.9. The summed E-state index contributed by atoms with van der Waals surface area (Å²) in [6.07, 6.45) is 0.742. The molecule has 1 fully saturated rings.